The number of aliphatic hydroxyl groups is 2. The first kappa shape index (κ1) is 28.5. The Morgan fingerprint density at radius 1 is 1.16 bits per heavy atom. The number of para-hydroxylation sites is 1. The molecule has 43 heavy (non-hydrogen) atoms. The third-order valence-electron chi connectivity index (χ3n) is 8.71. The van der Waals surface area contributed by atoms with Crippen molar-refractivity contribution in [3.8, 4) is 11.6 Å². The van der Waals surface area contributed by atoms with E-state index < -0.39 is 41.4 Å². The molecule has 1 spiro atoms. The lowest BCUT2D eigenvalue weighted by molar-refractivity contribution is -0.230. The summed E-state index contributed by atoms with van der Waals surface area (Å²) in [5.74, 6) is -3.05. The number of guanidine groups is 2. The summed E-state index contributed by atoms with van der Waals surface area (Å²) in [7, 11) is 1.44. The number of carbonyl (C=O) groups is 2. The lowest BCUT2D eigenvalue weighted by Gasteiger charge is -2.49. The van der Waals surface area contributed by atoms with E-state index in [1.807, 2.05) is 6.07 Å². The number of fused-ring (bicyclic) bond motifs is 1. The number of hydrogen-bond donors (Lipinski definition) is 7. The molecule has 4 atom stereocenters. The van der Waals surface area contributed by atoms with Crippen LogP contribution in [0.15, 0.2) is 46.4 Å². The first-order valence-electron chi connectivity index (χ1n) is 13.9. The molecular formula is C28H35N9O6. The van der Waals surface area contributed by atoms with Crippen molar-refractivity contribution >= 4 is 23.7 Å². The Labute approximate surface area is 247 Å². The number of hydrogen-bond acceptors (Lipinski definition) is 13. The highest BCUT2D eigenvalue weighted by molar-refractivity contribution is 5.98. The van der Waals surface area contributed by atoms with Gasteiger partial charge < -0.3 is 52.0 Å². The number of carbonyl (C=O) groups excluding carboxylic acids is 2. The monoisotopic (exact) mass is 593 g/mol. The zero-order chi connectivity index (χ0) is 30.7. The van der Waals surface area contributed by atoms with E-state index in [0.717, 1.165) is 12.0 Å². The normalized spacial score (nSPS) is 27.7. The maximum Gasteiger partial charge on any atom is 0.270 e. The molecular weight excluding hydrogens is 558 g/mol. The summed E-state index contributed by atoms with van der Waals surface area (Å²) in [6.45, 7) is 4.43. The summed E-state index contributed by atoms with van der Waals surface area (Å²) in [6, 6.07) is 7.03. The van der Waals surface area contributed by atoms with Gasteiger partial charge >= 0.3 is 0 Å². The second kappa shape index (κ2) is 9.98. The number of benzene rings is 1. The minimum atomic E-state index is -2.63. The molecule has 3 unspecified atom stereocenters. The molecule has 15 nitrogen and oxygen atoms in total. The van der Waals surface area contributed by atoms with Gasteiger partial charge in [0.25, 0.3) is 11.8 Å². The van der Waals surface area contributed by atoms with Crippen molar-refractivity contribution < 1.29 is 29.3 Å². The molecule has 2 aromatic rings. The van der Waals surface area contributed by atoms with Crippen LogP contribution in [0.3, 0.4) is 0 Å². The fourth-order valence-electron chi connectivity index (χ4n) is 6.38. The maximum absolute atomic E-state index is 13.6. The van der Waals surface area contributed by atoms with Gasteiger partial charge in [-0.25, -0.2) is 15.0 Å². The van der Waals surface area contributed by atoms with Crippen LogP contribution in [0.4, 0.5) is 0 Å². The number of amides is 2. The Morgan fingerprint density at radius 3 is 2.70 bits per heavy atom. The van der Waals surface area contributed by atoms with Gasteiger partial charge in [0.2, 0.25) is 11.7 Å². The van der Waals surface area contributed by atoms with E-state index in [-0.39, 0.29) is 47.6 Å². The molecule has 15 heteroatoms. The van der Waals surface area contributed by atoms with Gasteiger partial charge in [0.15, 0.2) is 17.6 Å². The van der Waals surface area contributed by atoms with Crippen molar-refractivity contribution in [1.82, 2.24) is 25.8 Å². The molecule has 4 aliphatic rings. The average molecular weight is 594 g/mol. The van der Waals surface area contributed by atoms with Crippen molar-refractivity contribution in [2.75, 3.05) is 26.8 Å². The van der Waals surface area contributed by atoms with Gasteiger partial charge in [-0.2, -0.15) is 0 Å². The molecule has 0 saturated carbocycles. The molecule has 228 valence electrons. The van der Waals surface area contributed by atoms with Crippen molar-refractivity contribution in [2.45, 2.75) is 55.3 Å². The Kier molecular flexibility index (Phi) is 6.61. The van der Waals surface area contributed by atoms with Crippen molar-refractivity contribution in [3.63, 3.8) is 0 Å². The largest absolute Gasteiger partial charge is 0.492 e. The number of nitrogens with two attached hydrogens (primary N) is 2. The number of nitrogens with zero attached hydrogens (tertiary/aromatic N) is 4. The van der Waals surface area contributed by atoms with E-state index in [2.05, 4.69) is 44.8 Å². The summed E-state index contributed by atoms with van der Waals surface area (Å²) in [6.07, 6.45) is 0.798. The van der Waals surface area contributed by atoms with Gasteiger partial charge in [0.05, 0.1) is 25.3 Å². The molecule has 0 aliphatic carbocycles. The second-order valence-electron chi connectivity index (χ2n) is 11.7. The fraction of sp³-hybridized carbons (Fsp3) is 0.464. The number of pyridine rings is 1. The third kappa shape index (κ3) is 4.38. The van der Waals surface area contributed by atoms with E-state index in [1.54, 1.807) is 24.3 Å². The number of methoxy groups -OCH3 is 1. The zero-order valence-electron chi connectivity index (χ0n) is 24.0. The van der Waals surface area contributed by atoms with Crippen LogP contribution < -0.4 is 36.9 Å². The molecule has 0 bridgehead atoms. The number of rotatable bonds is 6. The molecule has 2 amide bonds. The van der Waals surface area contributed by atoms with Crippen LogP contribution in [0, 0.1) is 0 Å². The molecule has 1 aromatic carbocycles. The molecule has 1 fully saturated rings. The van der Waals surface area contributed by atoms with E-state index in [0.29, 0.717) is 12.4 Å². The smallest absolute Gasteiger partial charge is 0.270 e. The molecule has 1 saturated heterocycles. The summed E-state index contributed by atoms with van der Waals surface area (Å²) in [5, 5.41) is 31.9. The summed E-state index contributed by atoms with van der Waals surface area (Å²) in [5.41, 5.74) is 11.8. The van der Waals surface area contributed by atoms with Crippen LogP contribution in [0.25, 0.3) is 0 Å². The van der Waals surface area contributed by atoms with Crippen LogP contribution in [-0.2, 0) is 5.41 Å². The molecule has 4 aliphatic heterocycles. The van der Waals surface area contributed by atoms with Gasteiger partial charge in [-0.3, -0.25) is 9.59 Å². The topological polar surface area (TPSA) is 222 Å². The van der Waals surface area contributed by atoms with Gasteiger partial charge in [0.1, 0.15) is 23.5 Å². The summed E-state index contributed by atoms with van der Waals surface area (Å²) < 4.78 is 11.0. The van der Waals surface area contributed by atoms with Crippen molar-refractivity contribution in [1.29, 1.82) is 0 Å². The predicted molar refractivity (Wildman–Crippen MR) is 155 cm³/mol. The molecule has 0 radical (unpaired) electrons. The number of aliphatic imine (C=N–C) groups is 2. The standard InChI is InChI=1S/C28H35N9O6/c1-26(2)10-11-43-20-14(6-4-7-15(20)26)22(38)34-18-13-37-25(30)33-17(21-27(37,28(18,40)41)36-24(29)35-21)12-31-23(39)16-8-5-9-19(32-16)42-3/h4-9,17-18,21,40-41H,10-13H2,1-3H3,(H2,30,33)(H,31,39)(H,34,38)(H3,29,35,36)/t17-,18?,21?,27?/m0/s1. The minimum Gasteiger partial charge on any atom is -0.492 e. The third-order valence-corrected chi connectivity index (χ3v) is 8.71. The maximum atomic E-state index is 13.6. The molecule has 1 aromatic heterocycles. The second-order valence-corrected chi connectivity index (χ2v) is 11.7. The first-order valence-corrected chi connectivity index (χ1v) is 13.9. The number of ether oxygens (including phenoxy) is 2. The molecule has 5 heterocycles. The number of aromatic nitrogens is 1. The van der Waals surface area contributed by atoms with Crippen molar-refractivity contribution in [2.24, 2.45) is 21.5 Å². The Balaban J connectivity index is 1.25. The molecule has 9 N–H and O–H groups in total. The Morgan fingerprint density at radius 2 is 1.93 bits per heavy atom. The van der Waals surface area contributed by atoms with E-state index in [4.69, 9.17) is 20.9 Å². The van der Waals surface area contributed by atoms with Crippen LogP contribution in [0.2, 0.25) is 0 Å². The molecule has 6 rings (SSSR count). The lowest BCUT2D eigenvalue weighted by Crippen LogP contribution is -2.78. The predicted octanol–water partition coefficient (Wildman–Crippen LogP) is -1.65. The highest BCUT2D eigenvalue weighted by Gasteiger charge is 2.73. The van der Waals surface area contributed by atoms with Crippen LogP contribution >= 0.6 is 0 Å². The average Bonchev–Trinajstić information content (AvgIpc) is 3.45. The Hall–Kier alpha value is -4.63. The van der Waals surface area contributed by atoms with Gasteiger partial charge in [-0.15, -0.1) is 0 Å². The first-order chi connectivity index (χ1) is 20.4. The number of nitrogens with one attached hydrogen (secondary N) is 3. The van der Waals surface area contributed by atoms with Crippen LogP contribution in [0.1, 0.15) is 46.7 Å². The van der Waals surface area contributed by atoms with Gasteiger partial charge in [0, 0.05) is 24.7 Å². The lowest BCUT2D eigenvalue weighted by atomic mass is 9.79. The highest BCUT2D eigenvalue weighted by Crippen LogP contribution is 2.45. The van der Waals surface area contributed by atoms with E-state index >= 15 is 0 Å². The fourth-order valence-corrected chi connectivity index (χ4v) is 6.38. The van der Waals surface area contributed by atoms with E-state index in [1.165, 1.54) is 18.1 Å². The van der Waals surface area contributed by atoms with Crippen molar-refractivity contribution in [3.05, 3.63) is 53.2 Å². The minimum absolute atomic E-state index is 0.0428. The Bertz CT molecular complexity index is 1540. The van der Waals surface area contributed by atoms with Crippen LogP contribution in [0.5, 0.6) is 11.6 Å². The summed E-state index contributed by atoms with van der Waals surface area (Å²) >= 11 is 0. The quantitative estimate of drug-likeness (QED) is 0.188. The highest BCUT2D eigenvalue weighted by atomic mass is 16.5. The van der Waals surface area contributed by atoms with Crippen LogP contribution in [-0.4, -0.2) is 100 Å². The SMILES string of the molecule is COc1cccc(C(=O)NC[C@@H]2N=C(N)N3CC(NC(=O)c4cccc5c4OCCC5(C)C)C(O)(O)C34NC(N)=NC24)n1. The van der Waals surface area contributed by atoms with Gasteiger partial charge in [-0.05, 0) is 24.0 Å². The zero-order valence-corrected chi connectivity index (χ0v) is 24.0. The van der Waals surface area contributed by atoms with Gasteiger partial charge in [-0.1, -0.05) is 32.0 Å². The van der Waals surface area contributed by atoms with E-state index in [9.17, 15) is 19.8 Å². The summed E-state index contributed by atoms with van der Waals surface area (Å²) in [4.78, 5) is 40.9.